The van der Waals surface area contributed by atoms with Gasteiger partial charge in [-0.1, -0.05) is 12.1 Å². The summed E-state index contributed by atoms with van der Waals surface area (Å²) >= 11 is 3.98. The highest BCUT2D eigenvalue weighted by Crippen LogP contribution is 2.43. The molecule has 3 unspecified atom stereocenters. The van der Waals surface area contributed by atoms with Crippen molar-refractivity contribution in [3.05, 3.63) is 11.7 Å². The molecule has 106 valence electrons. The third kappa shape index (κ3) is 3.09. The largest absolute Gasteiger partial charge is 0.378 e. The SMILES string of the molecule is CCC1SCCSC1c1noc(C2COCCN2)n1. The molecule has 0 aliphatic carbocycles. The van der Waals surface area contributed by atoms with Crippen LogP contribution in [-0.2, 0) is 4.74 Å². The Balaban J connectivity index is 1.72. The molecule has 1 aromatic rings. The predicted octanol–water partition coefficient (Wildman–Crippen LogP) is 2.03. The number of thioether (sulfide) groups is 2. The minimum Gasteiger partial charge on any atom is -0.378 e. The van der Waals surface area contributed by atoms with Gasteiger partial charge in [0.2, 0.25) is 5.89 Å². The molecule has 2 fully saturated rings. The van der Waals surface area contributed by atoms with Crippen LogP contribution in [0.3, 0.4) is 0 Å². The van der Waals surface area contributed by atoms with Gasteiger partial charge in [0.05, 0.1) is 18.5 Å². The first-order valence-electron chi connectivity index (χ1n) is 6.76. The van der Waals surface area contributed by atoms with Crippen molar-refractivity contribution >= 4 is 23.5 Å². The van der Waals surface area contributed by atoms with E-state index in [-0.39, 0.29) is 6.04 Å². The van der Waals surface area contributed by atoms with E-state index in [2.05, 4.69) is 22.4 Å². The van der Waals surface area contributed by atoms with Crippen LogP contribution in [0.25, 0.3) is 0 Å². The Hall–Kier alpha value is -0.240. The number of aromatic nitrogens is 2. The summed E-state index contributed by atoms with van der Waals surface area (Å²) in [7, 11) is 0. The van der Waals surface area contributed by atoms with Crippen molar-refractivity contribution in [3.8, 4) is 0 Å². The second-order valence-corrected chi connectivity index (χ2v) is 7.28. The molecule has 0 radical (unpaired) electrons. The van der Waals surface area contributed by atoms with Crippen molar-refractivity contribution < 1.29 is 9.26 Å². The quantitative estimate of drug-likeness (QED) is 0.916. The lowest BCUT2D eigenvalue weighted by Gasteiger charge is -2.27. The number of rotatable bonds is 3. The third-order valence-corrected chi connectivity index (χ3v) is 6.63. The molecule has 0 bridgehead atoms. The molecule has 1 N–H and O–H groups in total. The highest BCUT2D eigenvalue weighted by Gasteiger charge is 2.31. The maximum atomic E-state index is 5.43. The van der Waals surface area contributed by atoms with Gasteiger partial charge in [-0.05, 0) is 6.42 Å². The van der Waals surface area contributed by atoms with Crippen molar-refractivity contribution in [2.24, 2.45) is 0 Å². The van der Waals surface area contributed by atoms with Gasteiger partial charge >= 0.3 is 0 Å². The minimum absolute atomic E-state index is 0.0521. The number of hydrogen-bond acceptors (Lipinski definition) is 7. The molecule has 3 atom stereocenters. The van der Waals surface area contributed by atoms with Gasteiger partial charge in [-0.15, -0.1) is 11.8 Å². The molecule has 2 aliphatic heterocycles. The smallest absolute Gasteiger partial charge is 0.246 e. The van der Waals surface area contributed by atoms with E-state index in [1.54, 1.807) is 0 Å². The monoisotopic (exact) mass is 301 g/mol. The zero-order valence-electron chi connectivity index (χ0n) is 11.0. The highest BCUT2D eigenvalue weighted by atomic mass is 32.2. The van der Waals surface area contributed by atoms with Crippen LogP contribution in [-0.4, -0.2) is 46.7 Å². The molecule has 0 amide bonds. The van der Waals surface area contributed by atoms with Gasteiger partial charge in [-0.3, -0.25) is 0 Å². The molecule has 7 heteroatoms. The Labute approximate surface area is 121 Å². The summed E-state index contributed by atoms with van der Waals surface area (Å²) in [5.74, 6) is 3.91. The first kappa shape index (κ1) is 13.7. The van der Waals surface area contributed by atoms with Crippen LogP contribution < -0.4 is 5.32 Å². The van der Waals surface area contributed by atoms with Crippen LogP contribution in [0.15, 0.2) is 4.52 Å². The summed E-state index contributed by atoms with van der Waals surface area (Å²) in [6.07, 6.45) is 1.15. The van der Waals surface area contributed by atoms with E-state index in [1.165, 1.54) is 11.5 Å². The van der Waals surface area contributed by atoms with Gasteiger partial charge in [0.1, 0.15) is 6.04 Å². The van der Waals surface area contributed by atoms with Gasteiger partial charge in [0, 0.05) is 23.3 Å². The van der Waals surface area contributed by atoms with Gasteiger partial charge < -0.3 is 14.6 Å². The summed E-state index contributed by atoms with van der Waals surface area (Å²) in [5.41, 5.74) is 0. The zero-order valence-corrected chi connectivity index (χ0v) is 12.6. The lowest BCUT2D eigenvalue weighted by molar-refractivity contribution is 0.0659. The van der Waals surface area contributed by atoms with Gasteiger partial charge in [-0.25, -0.2) is 0 Å². The van der Waals surface area contributed by atoms with Crippen molar-refractivity contribution in [3.63, 3.8) is 0 Å². The maximum absolute atomic E-state index is 5.43. The Bertz CT molecular complexity index is 409. The topological polar surface area (TPSA) is 60.2 Å². The molecular weight excluding hydrogens is 282 g/mol. The number of hydrogen-bond donors (Lipinski definition) is 1. The van der Waals surface area contributed by atoms with E-state index in [4.69, 9.17) is 9.26 Å². The molecule has 2 aliphatic rings. The van der Waals surface area contributed by atoms with Gasteiger partial charge in [-0.2, -0.15) is 16.7 Å². The zero-order chi connectivity index (χ0) is 13.1. The average Bonchev–Trinajstić information content (AvgIpc) is 2.98. The van der Waals surface area contributed by atoms with E-state index in [0.717, 1.165) is 25.4 Å². The number of nitrogens with one attached hydrogen (secondary N) is 1. The van der Waals surface area contributed by atoms with Crippen molar-refractivity contribution in [1.82, 2.24) is 15.5 Å². The van der Waals surface area contributed by atoms with E-state index in [0.29, 0.717) is 23.0 Å². The summed E-state index contributed by atoms with van der Waals surface area (Å²) in [6.45, 7) is 4.44. The molecular formula is C12H19N3O2S2. The van der Waals surface area contributed by atoms with E-state index in [9.17, 15) is 0 Å². The Morgan fingerprint density at radius 3 is 3.05 bits per heavy atom. The molecule has 3 heterocycles. The van der Waals surface area contributed by atoms with Gasteiger partial charge in [0.15, 0.2) is 5.82 Å². The molecule has 0 spiro atoms. The second kappa shape index (κ2) is 6.47. The van der Waals surface area contributed by atoms with E-state index in [1.807, 2.05) is 23.5 Å². The van der Waals surface area contributed by atoms with Crippen molar-refractivity contribution in [2.75, 3.05) is 31.3 Å². The molecule has 0 saturated carbocycles. The van der Waals surface area contributed by atoms with Crippen LogP contribution >= 0.6 is 23.5 Å². The van der Waals surface area contributed by atoms with Crippen molar-refractivity contribution in [2.45, 2.75) is 29.9 Å². The third-order valence-electron chi connectivity index (χ3n) is 3.38. The Morgan fingerprint density at radius 2 is 2.26 bits per heavy atom. The maximum Gasteiger partial charge on any atom is 0.246 e. The Morgan fingerprint density at radius 1 is 1.37 bits per heavy atom. The lowest BCUT2D eigenvalue weighted by Crippen LogP contribution is -2.34. The summed E-state index contributed by atoms with van der Waals surface area (Å²) in [5, 5.41) is 8.50. The Kier molecular flexibility index (Phi) is 4.68. The van der Waals surface area contributed by atoms with Crippen LogP contribution in [0.4, 0.5) is 0 Å². The first-order chi connectivity index (χ1) is 9.38. The normalized spacial score (nSPS) is 32.4. The molecule has 3 rings (SSSR count). The number of ether oxygens (including phenoxy) is 1. The summed E-state index contributed by atoms with van der Waals surface area (Å²) in [6, 6.07) is 0.0521. The number of morpholine rings is 1. The van der Waals surface area contributed by atoms with Crippen LogP contribution in [0.2, 0.25) is 0 Å². The highest BCUT2D eigenvalue weighted by molar-refractivity contribution is 8.06. The fraction of sp³-hybridized carbons (Fsp3) is 0.833. The average molecular weight is 301 g/mol. The predicted molar refractivity (Wildman–Crippen MR) is 77.6 cm³/mol. The van der Waals surface area contributed by atoms with Crippen LogP contribution in [0.5, 0.6) is 0 Å². The molecule has 2 saturated heterocycles. The van der Waals surface area contributed by atoms with E-state index >= 15 is 0 Å². The molecule has 1 aromatic heterocycles. The van der Waals surface area contributed by atoms with Crippen LogP contribution in [0, 0.1) is 0 Å². The first-order valence-corrected chi connectivity index (χ1v) is 8.86. The lowest BCUT2D eigenvalue weighted by atomic mass is 10.2. The summed E-state index contributed by atoms with van der Waals surface area (Å²) in [4.78, 5) is 4.60. The fourth-order valence-corrected chi connectivity index (χ4v) is 5.35. The number of nitrogens with zero attached hydrogens (tertiary/aromatic N) is 2. The minimum atomic E-state index is 0.0521. The van der Waals surface area contributed by atoms with Crippen molar-refractivity contribution in [1.29, 1.82) is 0 Å². The van der Waals surface area contributed by atoms with E-state index < -0.39 is 0 Å². The van der Waals surface area contributed by atoms with Gasteiger partial charge in [0.25, 0.3) is 0 Å². The molecule has 5 nitrogen and oxygen atoms in total. The summed E-state index contributed by atoms with van der Waals surface area (Å²) < 4.78 is 10.9. The second-order valence-electron chi connectivity index (χ2n) is 4.68. The molecule has 19 heavy (non-hydrogen) atoms. The fourth-order valence-electron chi connectivity index (χ4n) is 2.37. The van der Waals surface area contributed by atoms with Crippen LogP contribution in [0.1, 0.15) is 36.4 Å². The standard InChI is InChI=1S/C12H19N3O2S2/c1-2-9-10(19-6-5-18-9)11-14-12(17-15-11)8-7-16-4-3-13-8/h8-10,13H,2-7H2,1H3. The molecule has 0 aromatic carbocycles.